The number of benzene rings is 2. The summed E-state index contributed by atoms with van der Waals surface area (Å²) in [4.78, 5) is 15.1. The first-order chi connectivity index (χ1) is 13.6. The van der Waals surface area contributed by atoms with Gasteiger partial charge < -0.3 is 15.0 Å². The molecule has 1 saturated carbocycles. The van der Waals surface area contributed by atoms with Crippen molar-refractivity contribution < 1.29 is 9.53 Å². The molecular formula is C23H27N3O2. The van der Waals surface area contributed by atoms with Gasteiger partial charge in [-0.2, -0.15) is 5.26 Å². The smallest absolute Gasteiger partial charge is 0.322 e. The molecule has 0 radical (unpaired) electrons. The molecule has 28 heavy (non-hydrogen) atoms. The third-order valence-corrected chi connectivity index (χ3v) is 5.46. The van der Waals surface area contributed by atoms with Crippen molar-refractivity contribution in [3.05, 3.63) is 59.7 Å². The van der Waals surface area contributed by atoms with Crippen molar-refractivity contribution >= 4 is 11.7 Å². The van der Waals surface area contributed by atoms with Crippen molar-refractivity contribution in [2.24, 2.45) is 5.92 Å². The summed E-state index contributed by atoms with van der Waals surface area (Å²) in [6.07, 6.45) is 4.35. The number of amides is 2. The largest absolute Gasteiger partial charge is 0.497 e. The summed E-state index contributed by atoms with van der Waals surface area (Å²) in [7, 11) is 1.65. The number of hydrogen-bond donors (Lipinski definition) is 1. The first-order valence-corrected chi connectivity index (χ1v) is 9.79. The van der Waals surface area contributed by atoms with Gasteiger partial charge in [-0.1, -0.05) is 19.1 Å². The van der Waals surface area contributed by atoms with Crippen molar-refractivity contribution in [1.29, 1.82) is 5.26 Å². The molecule has 1 aliphatic carbocycles. The normalized spacial score (nSPS) is 18.8. The van der Waals surface area contributed by atoms with Crippen LogP contribution in [0.25, 0.3) is 0 Å². The molecule has 5 nitrogen and oxygen atoms in total. The van der Waals surface area contributed by atoms with Gasteiger partial charge in [0, 0.05) is 18.3 Å². The SMILES string of the molecule is COc1ccc(CN(C(=O)Nc2ccc(C#N)cc2)C2CCC(C)CC2)cc1. The summed E-state index contributed by atoms with van der Waals surface area (Å²) in [6, 6.07) is 17.1. The molecule has 2 aromatic rings. The Hall–Kier alpha value is -3.00. The highest BCUT2D eigenvalue weighted by atomic mass is 16.5. The van der Waals surface area contributed by atoms with Gasteiger partial charge in [0.2, 0.25) is 0 Å². The van der Waals surface area contributed by atoms with Crippen molar-refractivity contribution in [1.82, 2.24) is 4.90 Å². The Balaban J connectivity index is 1.75. The number of nitrogens with zero attached hydrogens (tertiary/aromatic N) is 2. The number of ether oxygens (including phenoxy) is 1. The maximum absolute atomic E-state index is 13.1. The number of carbonyl (C=O) groups excluding carboxylic acids is 1. The quantitative estimate of drug-likeness (QED) is 0.781. The molecule has 146 valence electrons. The van der Waals surface area contributed by atoms with E-state index in [1.54, 1.807) is 31.4 Å². The number of anilines is 1. The van der Waals surface area contributed by atoms with Crippen LogP contribution < -0.4 is 10.1 Å². The van der Waals surface area contributed by atoms with E-state index in [2.05, 4.69) is 18.3 Å². The van der Waals surface area contributed by atoms with E-state index in [1.165, 1.54) is 0 Å². The third kappa shape index (κ3) is 5.04. The molecule has 5 heteroatoms. The fourth-order valence-corrected chi connectivity index (χ4v) is 3.67. The van der Waals surface area contributed by atoms with Gasteiger partial charge in [0.05, 0.1) is 18.7 Å². The lowest BCUT2D eigenvalue weighted by Crippen LogP contribution is -2.44. The average molecular weight is 377 g/mol. The maximum atomic E-state index is 13.1. The van der Waals surface area contributed by atoms with E-state index in [-0.39, 0.29) is 12.1 Å². The van der Waals surface area contributed by atoms with Crippen LogP contribution in [0.1, 0.15) is 43.7 Å². The average Bonchev–Trinajstić information content (AvgIpc) is 2.73. The predicted octanol–water partition coefficient (Wildman–Crippen LogP) is 5.18. The van der Waals surface area contributed by atoms with Crippen LogP contribution >= 0.6 is 0 Å². The number of methoxy groups -OCH3 is 1. The van der Waals surface area contributed by atoms with E-state index in [0.29, 0.717) is 17.8 Å². The van der Waals surface area contributed by atoms with Crippen molar-refractivity contribution in [2.45, 2.75) is 45.2 Å². The molecule has 1 fully saturated rings. The van der Waals surface area contributed by atoms with E-state index in [1.807, 2.05) is 29.2 Å². The Morgan fingerprint density at radius 1 is 1.11 bits per heavy atom. The number of urea groups is 1. The lowest BCUT2D eigenvalue weighted by molar-refractivity contribution is 0.151. The Morgan fingerprint density at radius 2 is 1.75 bits per heavy atom. The lowest BCUT2D eigenvalue weighted by Gasteiger charge is -2.36. The molecule has 2 aromatic carbocycles. The molecule has 0 aliphatic heterocycles. The number of nitriles is 1. The molecule has 0 aromatic heterocycles. The van der Waals surface area contributed by atoms with E-state index in [0.717, 1.165) is 42.9 Å². The fraction of sp³-hybridized carbons (Fsp3) is 0.391. The van der Waals surface area contributed by atoms with Crippen molar-refractivity contribution in [2.75, 3.05) is 12.4 Å². The zero-order chi connectivity index (χ0) is 19.9. The Labute approximate surface area is 166 Å². The Bertz CT molecular complexity index is 816. The van der Waals surface area contributed by atoms with Gasteiger partial charge >= 0.3 is 6.03 Å². The molecule has 0 atom stereocenters. The van der Waals surface area contributed by atoms with Crippen LogP contribution in [-0.2, 0) is 6.54 Å². The second kappa shape index (κ2) is 9.27. The van der Waals surface area contributed by atoms with E-state index >= 15 is 0 Å². The van der Waals surface area contributed by atoms with Crippen LogP contribution in [0, 0.1) is 17.2 Å². The van der Waals surface area contributed by atoms with Crippen molar-refractivity contribution in [3.8, 4) is 11.8 Å². The van der Waals surface area contributed by atoms with Gasteiger partial charge in [0.1, 0.15) is 5.75 Å². The van der Waals surface area contributed by atoms with E-state index in [4.69, 9.17) is 10.00 Å². The Kier molecular flexibility index (Phi) is 6.54. The molecule has 0 heterocycles. The van der Waals surface area contributed by atoms with Crippen LogP contribution in [0.5, 0.6) is 5.75 Å². The number of carbonyl (C=O) groups is 1. The van der Waals surface area contributed by atoms with E-state index < -0.39 is 0 Å². The second-order valence-electron chi connectivity index (χ2n) is 7.51. The van der Waals surface area contributed by atoms with Crippen LogP contribution in [0.4, 0.5) is 10.5 Å². The fourth-order valence-electron chi connectivity index (χ4n) is 3.67. The molecule has 2 amide bonds. The van der Waals surface area contributed by atoms with Crippen LogP contribution in [-0.4, -0.2) is 24.1 Å². The van der Waals surface area contributed by atoms with Gasteiger partial charge in [-0.05, 0) is 73.6 Å². The Morgan fingerprint density at radius 3 is 2.32 bits per heavy atom. The zero-order valence-electron chi connectivity index (χ0n) is 16.5. The van der Waals surface area contributed by atoms with Gasteiger partial charge in [-0.25, -0.2) is 4.79 Å². The summed E-state index contributed by atoms with van der Waals surface area (Å²) in [6.45, 7) is 2.84. The summed E-state index contributed by atoms with van der Waals surface area (Å²) in [5, 5.41) is 11.9. The number of hydrogen-bond acceptors (Lipinski definition) is 3. The first-order valence-electron chi connectivity index (χ1n) is 9.79. The molecule has 0 spiro atoms. The molecular weight excluding hydrogens is 350 g/mol. The highest BCUT2D eigenvalue weighted by Gasteiger charge is 2.27. The predicted molar refractivity (Wildman–Crippen MR) is 110 cm³/mol. The molecule has 3 rings (SSSR count). The molecule has 0 bridgehead atoms. The lowest BCUT2D eigenvalue weighted by atomic mass is 9.86. The molecule has 0 saturated heterocycles. The van der Waals surface area contributed by atoms with Gasteiger partial charge in [-0.3, -0.25) is 0 Å². The second-order valence-corrected chi connectivity index (χ2v) is 7.51. The summed E-state index contributed by atoms with van der Waals surface area (Å²) >= 11 is 0. The molecule has 1 aliphatic rings. The number of nitrogens with one attached hydrogen (secondary N) is 1. The monoisotopic (exact) mass is 377 g/mol. The summed E-state index contributed by atoms with van der Waals surface area (Å²) < 4.78 is 5.23. The maximum Gasteiger partial charge on any atom is 0.322 e. The minimum absolute atomic E-state index is 0.0971. The van der Waals surface area contributed by atoms with Gasteiger partial charge in [-0.15, -0.1) is 0 Å². The third-order valence-electron chi connectivity index (χ3n) is 5.46. The molecule has 1 N–H and O–H groups in total. The van der Waals surface area contributed by atoms with E-state index in [9.17, 15) is 4.79 Å². The van der Waals surface area contributed by atoms with Crippen LogP contribution in [0.15, 0.2) is 48.5 Å². The highest BCUT2D eigenvalue weighted by Crippen LogP contribution is 2.29. The van der Waals surface area contributed by atoms with Crippen LogP contribution in [0.2, 0.25) is 0 Å². The minimum atomic E-state index is -0.0971. The highest BCUT2D eigenvalue weighted by molar-refractivity contribution is 5.89. The van der Waals surface area contributed by atoms with Gasteiger partial charge in [0.25, 0.3) is 0 Å². The first kappa shape index (κ1) is 19.8. The van der Waals surface area contributed by atoms with Gasteiger partial charge in [0.15, 0.2) is 0 Å². The zero-order valence-corrected chi connectivity index (χ0v) is 16.5. The summed E-state index contributed by atoms with van der Waals surface area (Å²) in [5.41, 5.74) is 2.36. The summed E-state index contributed by atoms with van der Waals surface area (Å²) in [5.74, 6) is 1.53. The van der Waals surface area contributed by atoms with Crippen LogP contribution in [0.3, 0.4) is 0 Å². The topological polar surface area (TPSA) is 65.4 Å². The standard InChI is InChI=1S/C23H27N3O2/c1-17-3-11-21(12-4-17)26(16-19-7-13-22(28-2)14-8-19)23(27)25-20-9-5-18(15-24)6-10-20/h5-10,13-14,17,21H,3-4,11-12,16H2,1-2H3,(H,25,27). The van der Waals surface area contributed by atoms with Crippen molar-refractivity contribution in [3.63, 3.8) is 0 Å². The molecule has 0 unspecified atom stereocenters. The minimum Gasteiger partial charge on any atom is -0.497 e. The number of rotatable bonds is 5.